The Balaban J connectivity index is 2.03. The number of ether oxygens (including phenoxy) is 1. The second-order valence-electron chi connectivity index (χ2n) is 4.91. The van der Waals surface area contributed by atoms with Crippen LogP contribution >= 0.6 is 0 Å². The van der Waals surface area contributed by atoms with Gasteiger partial charge in [-0.25, -0.2) is 0 Å². The van der Waals surface area contributed by atoms with Gasteiger partial charge in [0.15, 0.2) is 0 Å². The highest BCUT2D eigenvalue weighted by atomic mass is 16.5. The van der Waals surface area contributed by atoms with Gasteiger partial charge in [0, 0.05) is 11.3 Å². The van der Waals surface area contributed by atoms with Crippen LogP contribution in [-0.4, -0.2) is 30.2 Å². The fraction of sp³-hybridized carbons (Fsp3) is 0.533. The van der Waals surface area contributed by atoms with Crippen molar-refractivity contribution in [1.82, 2.24) is 5.32 Å². The molecule has 0 saturated carbocycles. The van der Waals surface area contributed by atoms with Crippen LogP contribution in [0.4, 0.5) is 5.69 Å². The highest BCUT2D eigenvalue weighted by Crippen LogP contribution is 2.23. The lowest BCUT2D eigenvalue weighted by Gasteiger charge is -2.22. The number of piperidine rings is 1. The number of aliphatic hydroxyl groups is 1. The minimum atomic E-state index is -0.118. The van der Waals surface area contributed by atoms with E-state index >= 15 is 0 Å². The summed E-state index contributed by atoms with van der Waals surface area (Å²) in [7, 11) is 0. The van der Waals surface area contributed by atoms with Crippen molar-refractivity contribution in [3.8, 4) is 5.75 Å². The lowest BCUT2D eigenvalue weighted by atomic mass is 10.0. The van der Waals surface area contributed by atoms with E-state index in [1.54, 1.807) is 18.2 Å². The molecule has 2 rings (SSSR count). The third-order valence-electron chi connectivity index (χ3n) is 3.43. The summed E-state index contributed by atoms with van der Waals surface area (Å²) < 4.78 is 5.42. The van der Waals surface area contributed by atoms with Crippen molar-refractivity contribution in [3.05, 3.63) is 23.8 Å². The lowest BCUT2D eigenvalue weighted by molar-refractivity contribution is -0.118. The third kappa shape index (κ3) is 3.71. The van der Waals surface area contributed by atoms with Crippen LogP contribution in [0.15, 0.2) is 18.2 Å². The van der Waals surface area contributed by atoms with Crippen molar-refractivity contribution < 1.29 is 14.6 Å². The molecule has 1 atom stereocenters. The summed E-state index contributed by atoms with van der Waals surface area (Å²) in [5.41, 5.74) is 1.37. The Morgan fingerprint density at radius 3 is 3.00 bits per heavy atom. The fourth-order valence-electron chi connectivity index (χ4n) is 2.38. The zero-order valence-electron chi connectivity index (χ0n) is 11.8. The van der Waals surface area contributed by atoms with Gasteiger partial charge in [0.1, 0.15) is 5.75 Å². The third-order valence-corrected chi connectivity index (χ3v) is 3.43. The first-order chi connectivity index (χ1) is 9.74. The maximum atomic E-state index is 12.1. The molecule has 1 heterocycles. The largest absolute Gasteiger partial charge is 0.494 e. The number of nitrogens with one attached hydrogen (secondary N) is 2. The summed E-state index contributed by atoms with van der Waals surface area (Å²) in [5, 5.41) is 15.4. The molecule has 1 fully saturated rings. The average Bonchev–Trinajstić information content (AvgIpc) is 2.50. The number of hydrogen-bond donors (Lipinski definition) is 3. The molecule has 0 radical (unpaired) electrons. The number of hydrogen-bond acceptors (Lipinski definition) is 4. The molecule has 1 amide bonds. The van der Waals surface area contributed by atoms with Gasteiger partial charge in [-0.05, 0) is 44.5 Å². The maximum absolute atomic E-state index is 12.1. The molecule has 0 bridgehead atoms. The Bertz CT molecular complexity index is 456. The Hall–Kier alpha value is -1.59. The Morgan fingerprint density at radius 2 is 2.35 bits per heavy atom. The first-order valence-corrected chi connectivity index (χ1v) is 7.15. The van der Waals surface area contributed by atoms with Crippen molar-refractivity contribution in [2.45, 2.75) is 38.8 Å². The second kappa shape index (κ2) is 7.26. The SMILES string of the molecule is CCOc1ccc(NC(=O)C2CCCCN2)cc1CO. The van der Waals surface area contributed by atoms with Crippen LogP contribution in [0.3, 0.4) is 0 Å². The quantitative estimate of drug-likeness (QED) is 0.766. The number of benzene rings is 1. The normalized spacial score (nSPS) is 18.6. The van der Waals surface area contributed by atoms with Crippen LogP contribution in [0.1, 0.15) is 31.7 Å². The highest BCUT2D eigenvalue weighted by Gasteiger charge is 2.20. The van der Waals surface area contributed by atoms with Gasteiger partial charge < -0.3 is 20.5 Å². The first kappa shape index (κ1) is 14.8. The summed E-state index contributed by atoms with van der Waals surface area (Å²) in [6.45, 7) is 3.22. The van der Waals surface area contributed by atoms with E-state index in [4.69, 9.17) is 4.74 Å². The van der Waals surface area contributed by atoms with Crippen molar-refractivity contribution in [3.63, 3.8) is 0 Å². The van der Waals surface area contributed by atoms with E-state index in [1.807, 2.05) is 6.92 Å². The van der Waals surface area contributed by atoms with Crippen LogP contribution in [-0.2, 0) is 11.4 Å². The van der Waals surface area contributed by atoms with Crippen molar-refractivity contribution in [2.75, 3.05) is 18.5 Å². The molecular weight excluding hydrogens is 256 g/mol. The highest BCUT2D eigenvalue weighted by molar-refractivity contribution is 5.95. The molecule has 5 nitrogen and oxygen atoms in total. The van der Waals surface area contributed by atoms with E-state index in [0.717, 1.165) is 25.8 Å². The molecule has 110 valence electrons. The fourth-order valence-corrected chi connectivity index (χ4v) is 2.38. The minimum absolute atomic E-state index is 0.0160. The van der Waals surface area contributed by atoms with Crippen LogP contribution in [0.5, 0.6) is 5.75 Å². The van der Waals surface area contributed by atoms with E-state index in [-0.39, 0.29) is 18.6 Å². The van der Waals surface area contributed by atoms with E-state index in [1.165, 1.54) is 0 Å². The molecule has 5 heteroatoms. The van der Waals surface area contributed by atoms with E-state index in [9.17, 15) is 9.90 Å². The molecule has 1 aromatic rings. The zero-order chi connectivity index (χ0) is 14.4. The number of carbonyl (C=O) groups is 1. The monoisotopic (exact) mass is 278 g/mol. The van der Waals surface area contributed by atoms with Gasteiger partial charge >= 0.3 is 0 Å². The van der Waals surface area contributed by atoms with Gasteiger partial charge in [-0.3, -0.25) is 4.79 Å². The van der Waals surface area contributed by atoms with Crippen LogP contribution in [0.25, 0.3) is 0 Å². The molecule has 20 heavy (non-hydrogen) atoms. The molecular formula is C15H22N2O3. The number of anilines is 1. The number of carbonyl (C=O) groups excluding carboxylic acids is 1. The molecule has 1 aromatic carbocycles. The summed E-state index contributed by atoms with van der Waals surface area (Å²) >= 11 is 0. The molecule has 1 unspecified atom stereocenters. The topological polar surface area (TPSA) is 70.6 Å². The summed E-state index contributed by atoms with van der Waals surface area (Å²) in [4.78, 5) is 12.1. The van der Waals surface area contributed by atoms with E-state index in [2.05, 4.69) is 10.6 Å². The van der Waals surface area contributed by atoms with Gasteiger partial charge in [-0.2, -0.15) is 0 Å². The minimum Gasteiger partial charge on any atom is -0.494 e. The Labute approximate surface area is 119 Å². The number of rotatable bonds is 5. The predicted octanol–water partition coefficient (Wildman–Crippen LogP) is 1.66. The van der Waals surface area contributed by atoms with Gasteiger partial charge in [0.05, 0.1) is 19.3 Å². The molecule has 0 spiro atoms. The standard InChI is InChI=1S/C15H22N2O3/c1-2-20-14-7-6-12(9-11(14)10-18)17-15(19)13-5-3-4-8-16-13/h6-7,9,13,16,18H,2-5,8,10H2,1H3,(H,17,19). The first-order valence-electron chi connectivity index (χ1n) is 7.15. The lowest BCUT2D eigenvalue weighted by Crippen LogP contribution is -2.43. The summed E-state index contributed by atoms with van der Waals surface area (Å²) in [5.74, 6) is 0.640. The Morgan fingerprint density at radius 1 is 1.50 bits per heavy atom. The van der Waals surface area contributed by atoms with Crippen LogP contribution in [0.2, 0.25) is 0 Å². The summed E-state index contributed by atoms with van der Waals surface area (Å²) in [6, 6.07) is 5.21. The van der Waals surface area contributed by atoms with Gasteiger partial charge in [0.25, 0.3) is 0 Å². The zero-order valence-corrected chi connectivity index (χ0v) is 11.8. The Kier molecular flexibility index (Phi) is 5.38. The average molecular weight is 278 g/mol. The van der Waals surface area contributed by atoms with Crippen molar-refractivity contribution in [2.24, 2.45) is 0 Å². The van der Waals surface area contributed by atoms with Gasteiger partial charge in [0.2, 0.25) is 5.91 Å². The molecule has 1 aliphatic heterocycles. The van der Waals surface area contributed by atoms with Crippen LogP contribution < -0.4 is 15.4 Å². The van der Waals surface area contributed by atoms with E-state index < -0.39 is 0 Å². The molecule has 3 N–H and O–H groups in total. The number of aliphatic hydroxyl groups excluding tert-OH is 1. The van der Waals surface area contributed by atoms with Gasteiger partial charge in [-0.1, -0.05) is 6.42 Å². The van der Waals surface area contributed by atoms with Crippen molar-refractivity contribution in [1.29, 1.82) is 0 Å². The van der Waals surface area contributed by atoms with Gasteiger partial charge in [-0.15, -0.1) is 0 Å². The summed E-state index contributed by atoms with van der Waals surface area (Å²) in [6.07, 6.45) is 3.08. The molecule has 0 aromatic heterocycles. The maximum Gasteiger partial charge on any atom is 0.241 e. The smallest absolute Gasteiger partial charge is 0.241 e. The van der Waals surface area contributed by atoms with Crippen molar-refractivity contribution >= 4 is 11.6 Å². The number of amides is 1. The molecule has 1 aliphatic rings. The van der Waals surface area contributed by atoms with E-state index in [0.29, 0.717) is 23.6 Å². The second-order valence-corrected chi connectivity index (χ2v) is 4.91. The predicted molar refractivity (Wildman–Crippen MR) is 77.8 cm³/mol. The molecule has 1 saturated heterocycles. The van der Waals surface area contributed by atoms with Crippen LogP contribution in [0, 0.1) is 0 Å². The molecule has 0 aliphatic carbocycles.